The summed E-state index contributed by atoms with van der Waals surface area (Å²) in [6.45, 7) is 5.00. The second-order valence-corrected chi connectivity index (χ2v) is 5.58. The Morgan fingerprint density at radius 2 is 1.93 bits per heavy atom. The molecule has 1 aliphatic rings. The summed E-state index contributed by atoms with van der Waals surface area (Å²) in [6, 6.07) is 0. The smallest absolute Gasteiger partial charge is 0.0880 e. The van der Waals surface area contributed by atoms with Gasteiger partial charge in [0, 0.05) is 11.5 Å². The number of halogens is 1. The van der Waals surface area contributed by atoms with Crippen LogP contribution in [0.25, 0.3) is 0 Å². The van der Waals surface area contributed by atoms with Gasteiger partial charge in [0.25, 0.3) is 0 Å². The molecule has 0 N–H and O–H groups in total. The molecular formula is C12H23IO2. The summed E-state index contributed by atoms with van der Waals surface area (Å²) in [5, 5.41) is 0. The SMILES string of the molecule is CCC(C)(COC1(CI)CCCC1)OC. The number of methoxy groups -OCH3 is 1. The predicted molar refractivity (Wildman–Crippen MR) is 71.7 cm³/mol. The molecule has 3 heteroatoms. The van der Waals surface area contributed by atoms with Crippen LogP contribution in [0, 0.1) is 0 Å². The van der Waals surface area contributed by atoms with Gasteiger partial charge in [-0.1, -0.05) is 42.4 Å². The first-order valence-corrected chi connectivity index (χ1v) is 7.37. The molecule has 1 unspecified atom stereocenters. The number of rotatable bonds is 6. The molecule has 0 aromatic rings. The van der Waals surface area contributed by atoms with Crippen molar-refractivity contribution in [2.24, 2.45) is 0 Å². The molecule has 0 radical (unpaired) electrons. The summed E-state index contributed by atoms with van der Waals surface area (Å²) in [6.07, 6.45) is 6.08. The van der Waals surface area contributed by atoms with E-state index in [1.54, 1.807) is 7.11 Å². The molecule has 1 saturated carbocycles. The van der Waals surface area contributed by atoms with Crippen molar-refractivity contribution in [1.82, 2.24) is 0 Å². The van der Waals surface area contributed by atoms with E-state index >= 15 is 0 Å². The van der Waals surface area contributed by atoms with Crippen molar-refractivity contribution in [3.05, 3.63) is 0 Å². The van der Waals surface area contributed by atoms with E-state index < -0.39 is 0 Å². The fraction of sp³-hybridized carbons (Fsp3) is 1.00. The van der Waals surface area contributed by atoms with Crippen LogP contribution >= 0.6 is 22.6 Å². The molecule has 1 rings (SSSR count). The maximum absolute atomic E-state index is 6.15. The van der Waals surface area contributed by atoms with E-state index in [4.69, 9.17) is 9.47 Å². The fourth-order valence-electron chi connectivity index (χ4n) is 1.95. The van der Waals surface area contributed by atoms with Crippen LogP contribution in [0.1, 0.15) is 46.0 Å². The maximum atomic E-state index is 6.15. The van der Waals surface area contributed by atoms with Crippen LogP contribution in [0.15, 0.2) is 0 Å². The van der Waals surface area contributed by atoms with Gasteiger partial charge in [-0.25, -0.2) is 0 Å². The number of ether oxygens (including phenoxy) is 2. The molecule has 0 saturated heterocycles. The molecular weight excluding hydrogens is 303 g/mol. The first-order chi connectivity index (χ1) is 7.10. The van der Waals surface area contributed by atoms with Crippen LogP contribution < -0.4 is 0 Å². The highest BCUT2D eigenvalue weighted by Crippen LogP contribution is 2.36. The molecule has 2 nitrogen and oxygen atoms in total. The zero-order valence-corrected chi connectivity index (χ0v) is 12.3. The van der Waals surface area contributed by atoms with E-state index in [0.29, 0.717) is 0 Å². The first-order valence-electron chi connectivity index (χ1n) is 5.85. The Kier molecular flexibility index (Phi) is 5.32. The Morgan fingerprint density at radius 3 is 2.33 bits per heavy atom. The third kappa shape index (κ3) is 3.56. The van der Waals surface area contributed by atoms with Crippen LogP contribution in [0.4, 0.5) is 0 Å². The van der Waals surface area contributed by atoms with Gasteiger partial charge in [0.05, 0.1) is 17.8 Å². The third-order valence-electron chi connectivity index (χ3n) is 3.68. The van der Waals surface area contributed by atoms with Gasteiger partial charge in [-0.2, -0.15) is 0 Å². The van der Waals surface area contributed by atoms with Gasteiger partial charge in [-0.3, -0.25) is 0 Å². The van der Waals surface area contributed by atoms with Crippen molar-refractivity contribution in [2.45, 2.75) is 57.2 Å². The molecule has 0 aliphatic heterocycles. The predicted octanol–water partition coefficient (Wildman–Crippen LogP) is 3.57. The highest BCUT2D eigenvalue weighted by Gasteiger charge is 2.36. The Hall–Kier alpha value is 0.650. The Bertz CT molecular complexity index is 184. The minimum atomic E-state index is -0.110. The molecule has 0 amide bonds. The molecule has 15 heavy (non-hydrogen) atoms. The highest BCUT2D eigenvalue weighted by atomic mass is 127. The van der Waals surface area contributed by atoms with Crippen LogP contribution in [0.5, 0.6) is 0 Å². The maximum Gasteiger partial charge on any atom is 0.0880 e. The Morgan fingerprint density at radius 1 is 1.33 bits per heavy atom. The largest absolute Gasteiger partial charge is 0.376 e. The minimum absolute atomic E-state index is 0.110. The van der Waals surface area contributed by atoms with Crippen molar-refractivity contribution in [3.8, 4) is 0 Å². The van der Waals surface area contributed by atoms with Crippen LogP contribution in [0.3, 0.4) is 0 Å². The Labute approximate surface area is 107 Å². The zero-order valence-electron chi connectivity index (χ0n) is 10.1. The van der Waals surface area contributed by atoms with Crippen molar-refractivity contribution in [2.75, 3.05) is 18.1 Å². The van der Waals surface area contributed by atoms with Crippen molar-refractivity contribution in [1.29, 1.82) is 0 Å². The highest BCUT2D eigenvalue weighted by molar-refractivity contribution is 14.1. The van der Waals surface area contributed by atoms with Crippen molar-refractivity contribution < 1.29 is 9.47 Å². The summed E-state index contributed by atoms with van der Waals surface area (Å²) in [4.78, 5) is 0. The van der Waals surface area contributed by atoms with Gasteiger partial charge in [-0.15, -0.1) is 0 Å². The number of alkyl halides is 1. The van der Waals surface area contributed by atoms with Crippen LogP contribution in [-0.2, 0) is 9.47 Å². The van der Waals surface area contributed by atoms with Gasteiger partial charge < -0.3 is 9.47 Å². The average Bonchev–Trinajstić information content (AvgIpc) is 2.75. The lowest BCUT2D eigenvalue weighted by atomic mass is 10.0. The molecule has 1 aliphatic carbocycles. The zero-order chi connectivity index (χ0) is 11.4. The van der Waals surface area contributed by atoms with E-state index in [1.807, 2.05) is 0 Å². The first kappa shape index (κ1) is 13.7. The van der Waals surface area contributed by atoms with Gasteiger partial charge >= 0.3 is 0 Å². The topological polar surface area (TPSA) is 18.5 Å². The molecule has 1 atom stereocenters. The summed E-state index contributed by atoms with van der Waals surface area (Å²) >= 11 is 2.45. The second kappa shape index (κ2) is 5.82. The van der Waals surface area contributed by atoms with Crippen LogP contribution in [-0.4, -0.2) is 29.3 Å². The average molecular weight is 326 g/mol. The van der Waals surface area contributed by atoms with E-state index in [9.17, 15) is 0 Å². The van der Waals surface area contributed by atoms with Gasteiger partial charge in [0.15, 0.2) is 0 Å². The van der Waals surface area contributed by atoms with Crippen molar-refractivity contribution >= 4 is 22.6 Å². The molecule has 90 valence electrons. The third-order valence-corrected chi connectivity index (χ3v) is 5.07. The second-order valence-electron chi connectivity index (χ2n) is 4.82. The standard InChI is InChI=1S/C12H23IO2/c1-4-11(2,14-3)10-15-12(9-13)7-5-6-8-12/h4-10H2,1-3H3. The summed E-state index contributed by atoms with van der Waals surface area (Å²) in [5.74, 6) is 0. The summed E-state index contributed by atoms with van der Waals surface area (Å²) in [5.41, 5.74) is 0.0386. The van der Waals surface area contributed by atoms with Gasteiger partial charge in [0.1, 0.15) is 0 Å². The lowest BCUT2D eigenvalue weighted by molar-refractivity contribution is -0.116. The lowest BCUT2D eigenvalue weighted by Crippen LogP contribution is -2.40. The van der Waals surface area contributed by atoms with Crippen LogP contribution in [0.2, 0.25) is 0 Å². The molecule has 1 fully saturated rings. The molecule has 0 heterocycles. The van der Waals surface area contributed by atoms with E-state index in [1.165, 1.54) is 25.7 Å². The van der Waals surface area contributed by atoms with E-state index in [-0.39, 0.29) is 11.2 Å². The minimum Gasteiger partial charge on any atom is -0.376 e. The Balaban J connectivity index is 2.46. The van der Waals surface area contributed by atoms with Gasteiger partial charge in [-0.05, 0) is 26.2 Å². The monoisotopic (exact) mass is 326 g/mol. The lowest BCUT2D eigenvalue weighted by Gasteiger charge is -2.34. The molecule has 0 aromatic heterocycles. The van der Waals surface area contributed by atoms with Crippen molar-refractivity contribution in [3.63, 3.8) is 0 Å². The van der Waals surface area contributed by atoms with Gasteiger partial charge in [0.2, 0.25) is 0 Å². The fourth-order valence-corrected chi connectivity index (χ4v) is 2.93. The molecule has 0 aromatic carbocycles. The molecule has 0 spiro atoms. The van der Waals surface area contributed by atoms with E-state index in [0.717, 1.165) is 17.5 Å². The number of hydrogen-bond acceptors (Lipinski definition) is 2. The quantitative estimate of drug-likeness (QED) is 0.549. The summed E-state index contributed by atoms with van der Waals surface area (Å²) in [7, 11) is 1.78. The summed E-state index contributed by atoms with van der Waals surface area (Å²) < 4.78 is 12.8. The molecule has 0 bridgehead atoms. The number of hydrogen-bond donors (Lipinski definition) is 0. The normalized spacial score (nSPS) is 24.0. The van der Waals surface area contributed by atoms with E-state index in [2.05, 4.69) is 36.4 Å².